The van der Waals surface area contributed by atoms with Gasteiger partial charge >= 0.3 is 0 Å². The molecule has 1 heterocycles. The van der Waals surface area contributed by atoms with Crippen molar-refractivity contribution in [2.75, 3.05) is 13.7 Å². The van der Waals surface area contributed by atoms with Crippen LogP contribution in [0.5, 0.6) is 5.75 Å². The molecule has 0 aliphatic carbocycles. The number of aromatic carboxylic acids is 1. The number of carboxylic acids is 2. The fraction of sp³-hybridized carbons (Fsp3) is 0.100. The summed E-state index contributed by atoms with van der Waals surface area (Å²) >= 11 is 1.10. The van der Waals surface area contributed by atoms with E-state index >= 15 is 0 Å². The number of carbonyl (C=O) groups excluding carboxylic acids is 3. The van der Waals surface area contributed by atoms with Crippen LogP contribution in [-0.2, 0) is 9.59 Å². The van der Waals surface area contributed by atoms with Crippen LogP contribution < -0.4 is 14.9 Å². The summed E-state index contributed by atoms with van der Waals surface area (Å²) in [6.07, 6.45) is 1.58. The Morgan fingerprint density at radius 3 is 2.66 bits per heavy atom. The van der Waals surface area contributed by atoms with E-state index in [1.165, 1.54) is 23.1 Å². The maximum Gasteiger partial charge on any atom is 0.266 e. The van der Waals surface area contributed by atoms with E-state index < -0.39 is 18.5 Å². The van der Waals surface area contributed by atoms with Gasteiger partial charge in [-0.15, -0.1) is 0 Å². The molecule has 0 radical (unpaired) electrons. The Kier molecular flexibility index (Phi) is 5.99. The number of likely N-dealkylation sites (N-methyl/N-ethyl adjacent to an activating group) is 1. The maximum atomic E-state index is 12.6. The second-order valence-corrected chi connectivity index (χ2v) is 6.91. The van der Waals surface area contributed by atoms with Crippen LogP contribution in [0, 0.1) is 0 Å². The van der Waals surface area contributed by atoms with E-state index in [1.807, 2.05) is 0 Å². The van der Waals surface area contributed by atoms with Gasteiger partial charge in [-0.3, -0.25) is 9.69 Å². The molecule has 0 saturated carbocycles. The summed E-state index contributed by atoms with van der Waals surface area (Å²) in [5.41, 5.74) is 0.879. The SMILES string of the molecule is CN1C(=O)/C(=C/c2ccccc2OCC(=O)[O-])SC1=Nc1cccc(C(=O)[O-])c1. The van der Waals surface area contributed by atoms with E-state index in [2.05, 4.69) is 4.99 Å². The molecule has 1 saturated heterocycles. The molecule has 9 heteroatoms. The molecule has 3 rings (SSSR count). The van der Waals surface area contributed by atoms with E-state index in [0.717, 1.165) is 11.8 Å². The molecule has 0 spiro atoms. The summed E-state index contributed by atoms with van der Waals surface area (Å²) in [6.45, 7) is -0.608. The Morgan fingerprint density at radius 1 is 1.17 bits per heavy atom. The van der Waals surface area contributed by atoms with Crippen molar-refractivity contribution in [3.8, 4) is 5.75 Å². The quantitative estimate of drug-likeness (QED) is 0.632. The molecular formula is C20H14N2O6S-2. The number of para-hydroxylation sites is 1. The number of hydrogen-bond acceptors (Lipinski definition) is 8. The summed E-state index contributed by atoms with van der Waals surface area (Å²) in [5, 5.41) is 22.0. The molecule has 0 N–H and O–H groups in total. The van der Waals surface area contributed by atoms with E-state index in [9.17, 15) is 24.6 Å². The summed E-state index contributed by atoms with van der Waals surface area (Å²) in [7, 11) is 1.55. The van der Waals surface area contributed by atoms with Gasteiger partial charge in [-0.05, 0) is 41.6 Å². The molecule has 1 fully saturated rings. The van der Waals surface area contributed by atoms with Gasteiger partial charge in [0.25, 0.3) is 5.91 Å². The van der Waals surface area contributed by atoms with Crippen LogP contribution >= 0.6 is 11.8 Å². The van der Waals surface area contributed by atoms with Crippen LogP contribution in [0.4, 0.5) is 5.69 Å². The van der Waals surface area contributed by atoms with Crippen molar-refractivity contribution in [1.29, 1.82) is 0 Å². The Labute approximate surface area is 170 Å². The van der Waals surface area contributed by atoms with Gasteiger partial charge in [0.2, 0.25) is 0 Å². The number of benzene rings is 2. The Hall–Kier alpha value is -3.59. The van der Waals surface area contributed by atoms with Gasteiger partial charge < -0.3 is 24.5 Å². The van der Waals surface area contributed by atoms with E-state index in [4.69, 9.17) is 4.74 Å². The molecule has 0 atom stereocenters. The van der Waals surface area contributed by atoms with Gasteiger partial charge in [0.1, 0.15) is 12.4 Å². The highest BCUT2D eigenvalue weighted by atomic mass is 32.2. The van der Waals surface area contributed by atoms with Crippen LogP contribution in [0.1, 0.15) is 15.9 Å². The fourth-order valence-electron chi connectivity index (χ4n) is 2.47. The minimum atomic E-state index is -1.35. The van der Waals surface area contributed by atoms with Gasteiger partial charge in [0, 0.05) is 12.6 Å². The number of aliphatic imine (C=N–C) groups is 1. The number of nitrogens with zero attached hydrogens (tertiary/aromatic N) is 2. The lowest BCUT2D eigenvalue weighted by Gasteiger charge is -2.09. The smallest absolute Gasteiger partial charge is 0.266 e. The number of ether oxygens (including phenoxy) is 1. The summed E-state index contributed by atoms with van der Waals surface area (Å²) < 4.78 is 5.20. The molecule has 0 unspecified atom stereocenters. The van der Waals surface area contributed by atoms with Crippen LogP contribution in [0.15, 0.2) is 58.4 Å². The zero-order chi connectivity index (χ0) is 21.0. The molecule has 1 aliphatic rings. The molecule has 8 nitrogen and oxygen atoms in total. The van der Waals surface area contributed by atoms with E-state index in [1.54, 1.807) is 43.5 Å². The normalized spacial score (nSPS) is 16.4. The van der Waals surface area contributed by atoms with Gasteiger partial charge in [-0.2, -0.15) is 0 Å². The third-order valence-electron chi connectivity index (χ3n) is 3.86. The molecular weight excluding hydrogens is 396 g/mol. The standard InChI is InChI=1S/C20H16N2O6S/c1-22-18(25)16(10-12-5-2-3-8-15(12)28-11-17(23)24)29-20(22)21-14-7-4-6-13(9-14)19(26)27/h2-10H,11H2,1H3,(H,23,24)(H,26,27)/p-2/b16-10-,21-20?. The van der Waals surface area contributed by atoms with Gasteiger partial charge in [0.05, 0.1) is 22.5 Å². The topological polar surface area (TPSA) is 122 Å². The predicted octanol–water partition coefficient (Wildman–Crippen LogP) is 0.413. The summed E-state index contributed by atoms with van der Waals surface area (Å²) in [6, 6.07) is 12.6. The fourth-order valence-corrected chi connectivity index (χ4v) is 3.45. The molecule has 29 heavy (non-hydrogen) atoms. The van der Waals surface area contributed by atoms with Crippen molar-refractivity contribution in [3.63, 3.8) is 0 Å². The first-order valence-electron chi connectivity index (χ1n) is 8.34. The number of thioether (sulfide) groups is 1. The lowest BCUT2D eigenvalue weighted by atomic mass is 10.2. The number of carboxylic acid groups (broad SMARTS) is 2. The monoisotopic (exact) mass is 410 g/mol. The number of aliphatic carboxylic acids is 1. The molecule has 1 aliphatic heterocycles. The molecule has 2 aromatic carbocycles. The first-order chi connectivity index (χ1) is 13.8. The summed E-state index contributed by atoms with van der Waals surface area (Å²) in [5.74, 6) is -2.68. The highest BCUT2D eigenvalue weighted by Gasteiger charge is 2.30. The summed E-state index contributed by atoms with van der Waals surface area (Å²) in [4.78, 5) is 40.2. The van der Waals surface area contributed by atoms with Crippen molar-refractivity contribution in [2.45, 2.75) is 0 Å². The zero-order valence-corrected chi connectivity index (χ0v) is 16.0. The molecule has 1 amide bonds. The van der Waals surface area contributed by atoms with E-state index in [-0.39, 0.29) is 11.5 Å². The number of amidine groups is 1. The molecule has 148 valence electrons. The van der Waals surface area contributed by atoms with Crippen molar-refractivity contribution in [2.24, 2.45) is 4.99 Å². The lowest BCUT2D eigenvalue weighted by molar-refractivity contribution is -0.307. The van der Waals surface area contributed by atoms with Crippen LogP contribution in [0.25, 0.3) is 6.08 Å². The first kappa shape index (κ1) is 20.2. The second kappa shape index (κ2) is 8.61. The number of hydrogen-bond donors (Lipinski definition) is 0. The van der Waals surface area contributed by atoms with Crippen LogP contribution in [0.3, 0.4) is 0 Å². The third kappa shape index (κ3) is 4.82. The molecule has 0 aromatic heterocycles. The first-order valence-corrected chi connectivity index (χ1v) is 9.16. The number of carbonyl (C=O) groups is 3. The zero-order valence-electron chi connectivity index (χ0n) is 15.2. The Balaban J connectivity index is 1.88. The van der Waals surface area contributed by atoms with Crippen LogP contribution in [-0.4, -0.2) is 41.6 Å². The maximum absolute atomic E-state index is 12.6. The number of rotatable bonds is 6. The minimum absolute atomic E-state index is 0.0152. The van der Waals surface area contributed by atoms with Gasteiger partial charge in [0.15, 0.2) is 5.17 Å². The average Bonchev–Trinajstić information content (AvgIpc) is 2.95. The van der Waals surface area contributed by atoms with Crippen molar-refractivity contribution >= 4 is 46.5 Å². The van der Waals surface area contributed by atoms with E-state index in [0.29, 0.717) is 27.1 Å². The van der Waals surface area contributed by atoms with Gasteiger partial charge in [-0.1, -0.05) is 30.3 Å². The van der Waals surface area contributed by atoms with Gasteiger partial charge in [-0.25, -0.2) is 4.99 Å². The predicted molar refractivity (Wildman–Crippen MR) is 103 cm³/mol. The largest absolute Gasteiger partial charge is 0.546 e. The minimum Gasteiger partial charge on any atom is -0.546 e. The van der Waals surface area contributed by atoms with Crippen molar-refractivity contribution in [1.82, 2.24) is 4.90 Å². The Morgan fingerprint density at radius 2 is 1.93 bits per heavy atom. The second-order valence-electron chi connectivity index (χ2n) is 5.91. The Bertz CT molecular complexity index is 1050. The average molecular weight is 410 g/mol. The molecule has 0 bridgehead atoms. The van der Waals surface area contributed by atoms with Crippen molar-refractivity contribution in [3.05, 3.63) is 64.6 Å². The highest BCUT2D eigenvalue weighted by molar-refractivity contribution is 8.18. The third-order valence-corrected chi connectivity index (χ3v) is 4.92. The molecule has 2 aromatic rings. The number of amides is 1. The van der Waals surface area contributed by atoms with Crippen LogP contribution in [0.2, 0.25) is 0 Å². The van der Waals surface area contributed by atoms with Crippen molar-refractivity contribution < 1.29 is 29.3 Å². The lowest BCUT2D eigenvalue weighted by Crippen LogP contribution is -2.29. The highest BCUT2D eigenvalue weighted by Crippen LogP contribution is 2.34.